The smallest absolute Gasteiger partial charge is 0.159 e. The molecule has 0 radical (unpaired) electrons. The Labute approximate surface area is 123 Å². The van der Waals surface area contributed by atoms with Crippen LogP contribution in [0.2, 0.25) is 0 Å². The maximum Gasteiger partial charge on any atom is 0.159 e. The van der Waals surface area contributed by atoms with Crippen molar-refractivity contribution in [1.82, 2.24) is 9.97 Å². The fourth-order valence-corrected chi connectivity index (χ4v) is 1.83. The molecule has 0 saturated heterocycles. The molecule has 6 heteroatoms. The Morgan fingerprint density at radius 3 is 2.76 bits per heavy atom. The Bertz CT molecular complexity index is 642. The summed E-state index contributed by atoms with van der Waals surface area (Å²) in [5, 5.41) is 6.26. The maximum atomic E-state index is 11.4. The van der Waals surface area contributed by atoms with Crippen LogP contribution < -0.4 is 16.4 Å². The number of benzene rings is 1. The molecule has 1 aromatic heterocycles. The van der Waals surface area contributed by atoms with Gasteiger partial charge in [-0.2, -0.15) is 0 Å². The number of rotatable bonds is 6. The van der Waals surface area contributed by atoms with Crippen molar-refractivity contribution >= 4 is 28.8 Å². The predicted octanol–water partition coefficient (Wildman–Crippen LogP) is 2.83. The summed E-state index contributed by atoms with van der Waals surface area (Å²) < 4.78 is 0. The first-order chi connectivity index (χ1) is 10.1. The number of carbonyl (C=O) groups is 1. The Hall–Kier alpha value is -2.63. The standard InChI is InChI=1S/C15H19N5O/c1-3-7-17-14-13(16)15(19-9-18-14)20-12-6-4-5-11(8-12)10(2)21/h4-6,8-9H,3,7,16H2,1-2H3,(H2,17,18,19,20). The highest BCUT2D eigenvalue weighted by atomic mass is 16.1. The summed E-state index contributed by atoms with van der Waals surface area (Å²) in [6.45, 7) is 4.39. The molecule has 0 bridgehead atoms. The zero-order chi connectivity index (χ0) is 15.2. The van der Waals surface area contributed by atoms with Crippen molar-refractivity contribution in [3.05, 3.63) is 36.2 Å². The van der Waals surface area contributed by atoms with E-state index in [9.17, 15) is 4.79 Å². The van der Waals surface area contributed by atoms with E-state index in [1.165, 1.54) is 13.3 Å². The number of nitrogens with one attached hydrogen (secondary N) is 2. The van der Waals surface area contributed by atoms with Crippen LogP contribution in [0.4, 0.5) is 23.0 Å². The van der Waals surface area contributed by atoms with Crippen LogP contribution in [0.5, 0.6) is 0 Å². The molecule has 0 aliphatic rings. The molecule has 0 fully saturated rings. The molecule has 0 aliphatic carbocycles. The third kappa shape index (κ3) is 3.68. The molecule has 0 aliphatic heterocycles. The van der Waals surface area contributed by atoms with Gasteiger partial charge in [-0.25, -0.2) is 9.97 Å². The Balaban J connectivity index is 2.23. The minimum absolute atomic E-state index is 0.0135. The van der Waals surface area contributed by atoms with Crippen molar-refractivity contribution in [1.29, 1.82) is 0 Å². The van der Waals surface area contributed by atoms with Gasteiger partial charge in [-0.3, -0.25) is 4.79 Å². The third-order valence-electron chi connectivity index (χ3n) is 2.96. The lowest BCUT2D eigenvalue weighted by Gasteiger charge is -2.12. The number of ketones is 1. The summed E-state index contributed by atoms with van der Waals surface area (Å²) in [4.78, 5) is 19.7. The normalized spacial score (nSPS) is 10.2. The van der Waals surface area contributed by atoms with E-state index in [0.717, 1.165) is 18.7 Å². The average Bonchev–Trinajstić information content (AvgIpc) is 2.48. The summed E-state index contributed by atoms with van der Waals surface area (Å²) in [5.41, 5.74) is 7.91. The van der Waals surface area contributed by atoms with Crippen LogP contribution >= 0.6 is 0 Å². The predicted molar refractivity (Wildman–Crippen MR) is 85.0 cm³/mol. The van der Waals surface area contributed by atoms with Crippen molar-refractivity contribution in [2.24, 2.45) is 0 Å². The second kappa shape index (κ2) is 6.69. The van der Waals surface area contributed by atoms with Crippen LogP contribution in [0.15, 0.2) is 30.6 Å². The summed E-state index contributed by atoms with van der Waals surface area (Å²) in [7, 11) is 0. The number of carbonyl (C=O) groups excluding carboxylic acids is 1. The van der Waals surface area contributed by atoms with E-state index < -0.39 is 0 Å². The van der Waals surface area contributed by atoms with Gasteiger partial charge in [-0.05, 0) is 25.5 Å². The van der Waals surface area contributed by atoms with E-state index in [4.69, 9.17) is 5.73 Å². The van der Waals surface area contributed by atoms with E-state index in [0.29, 0.717) is 22.9 Å². The van der Waals surface area contributed by atoms with Crippen LogP contribution in [-0.4, -0.2) is 22.3 Å². The van der Waals surface area contributed by atoms with Crippen LogP contribution in [-0.2, 0) is 0 Å². The van der Waals surface area contributed by atoms with Crippen molar-refractivity contribution in [3.8, 4) is 0 Å². The van der Waals surface area contributed by atoms with Gasteiger partial charge in [-0.1, -0.05) is 19.1 Å². The van der Waals surface area contributed by atoms with Crippen LogP contribution in [0.3, 0.4) is 0 Å². The number of aromatic nitrogens is 2. The minimum atomic E-state index is 0.0135. The molecule has 2 aromatic rings. The molecule has 1 aromatic carbocycles. The second-order valence-corrected chi connectivity index (χ2v) is 4.67. The number of nitrogens with zero attached hydrogens (tertiary/aromatic N) is 2. The van der Waals surface area contributed by atoms with Gasteiger partial charge in [0.1, 0.15) is 12.0 Å². The highest BCUT2D eigenvalue weighted by molar-refractivity contribution is 5.95. The Morgan fingerprint density at radius 1 is 1.29 bits per heavy atom. The van der Waals surface area contributed by atoms with E-state index in [2.05, 4.69) is 27.5 Å². The van der Waals surface area contributed by atoms with Gasteiger partial charge < -0.3 is 16.4 Å². The fourth-order valence-electron chi connectivity index (χ4n) is 1.83. The van der Waals surface area contributed by atoms with E-state index in [1.54, 1.807) is 12.1 Å². The van der Waals surface area contributed by atoms with Crippen molar-refractivity contribution in [2.45, 2.75) is 20.3 Å². The second-order valence-electron chi connectivity index (χ2n) is 4.67. The third-order valence-corrected chi connectivity index (χ3v) is 2.96. The molecular formula is C15H19N5O. The van der Waals surface area contributed by atoms with Crippen molar-refractivity contribution in [3.63, 3.8) is 0 Å². The molecule has 2 rings (SSSR count). The summed E-state index contributed by atoms with van der Waals surface area (Å²) in [6.07, 6.45) is 2.43. The van der Waals surface area contributed by atoms with Gasteiger partial charge >= 0.3 is 0 Å². The number of anilines is 4. The number of nitrogen functional groups attached to an aromatic ring is 1. The highest BCUT2D eigenvalue weighted by Crippen LogP contribution is 2.26. The van der Waals surface area contributed by atoms with Gasteiger partial charge in [0.05, 0.1) is 0 Å². The largest absolute Gasteiger partial charge is 0.393 e. The lowest BCUT2D eigenvalue weighted by Crippen LogP contribution is -2.08. The Morgan fingerprint density at radius 2 is 2.05 bits per heavy atom. The highest BCUT2D eigenvalue weighted by Gasteiger charge is 2.08. The first-order valence-corrected chi connectivity index (χ1v) is 6.84. The lowest BCUT2D eigenvalue weighted by atomic mass is 10.1. The first-order valence-electron chi connectivity index (χ1n) is 6.84. The molecule has 0 amide bonds. The van der Waals surface area contributed by atoms with Crippen molar-refractivity contribution < 1.29 is 4.79 Å². The molecular weight excluding hydrogens is 266 g/mol. The van der Waals surface area contributed by atoms with Gasteiger partial charge in [0.2, 0.25) is 0 Å². The van der Waals surface area contributed by atoms with Gasteiger partial charge in [-0.15, -0.1) is 0 Å². The number of hydrogen-bond donors (Lipinski definition) is 3. The number of hydrogen-bond acceptors (Lipinski definition) is 6. The zero-order valence-corrected chi connectivity index (χ0v) is 12.2. The number of Topliss-reactive ketones (excluding diaryl/α,β-unsaturated/α-hetero) is 1. The minimum Gasteiger partial charge on any atom is -0.393 e. The van der Waals surface area contributed by atoms with Gasteiger partial charge in [0.25, 0.3) is 0 Å². The zero-order valence-electron chi connectivity index (χ0n) is 12.2. The van der Waals surface area contributed by atoms with Crippen molar-refractivity contribution in [2.75, 3.05) is 22.9 Å². The van der Waals surface area contributed by atoms with Gasteiger partial charge in [0.15, 0.2) is 17.4 Å². The van der Waals surface area contributed by atoms with E-state index in [1.807, 2.05) is 12.1 Å². The summed E-state index contributed by atoms with van der Waals surface area (Å²) in [5.74, 6) is 1.14. The molecule has 110 valence electrons. The SMILES string of the molecule is CCCNc1ncnc(Nc2cccc(C(C)=O)c2)c1N. The molecule has 0 unspecified atom stereocenters. The molecule has 1 heterocycles. The van der Waals surface area contributed by atoms with Gasteiger partial charge in [0, 0.05) is 17.8 Å². The first kappa shape index (κ1) is 14.8. The summed E-state index contributed by atoms with van der Waals surface area (Å²) >= 11 is 0. The summed E-state index contributed by atoms with van der Waals surface area (Å²) in [6, 6.07) is 7.20. The van der Waals surface area contributed by atoms with E-state index >= 15 is 0 Å². The van der Waals surface area contributed by atoms with Crippen LogP contribution in [0.1, 0.15) is 30.6 Å². The molecule has 0 saturated carbocycles. The fraction of sp³-hybridized carbons (Fsp3) is 0.267. The average molecular weight is 285 g/mol. The monoisotopic (exact) mass is 285 g/mol. The Kier molecular flexibility index (Phi) is 4.71. The molecule has 6 nitrogen and oxygen atoms in total. The molecule has 0 spiro atoms. The van der Waals surface area contributed by atoms with Crippen LogP contribution in [0, 0.1) is 0 Å². The molecule has 0 atom stereocenters. The topological polar surface area (TPSA) is 92.9 Å². The quantitative estimate of drug-likeness (QED) is 0.707. The molecule has 4 N–H and O–H groups in total. The number of nitrogens with two attached hydrogens (primary N) is 1. The van der Waals surface area contributed by atoms with E-state index in [-0.39, 0.29) is 5.78 Å². The van der Waals surface area contributed by atoms with Crippen LogP contribution in [0.25, 0.3) is 0 Å². The maximum absolute atomic E-state index is 11.4. The lowest BCUT2D eigenvalue weighted by molar-refractivity contribution is 0.101. The molecule has 21 heavy (non-hydrogen) atoms.